The number of halogens is 1. The molecule has 3 saturated heterocycles. The minimum Gasteiger partial charge on any atom is -0.381 e. The number of nitrogens with one attached hydrogen (secondary N) is 2. The van der Waals surface area contributed by atoms with Crippen molar-refractivity contribution in [2.75, 3.05) is 39.4 Å². The molecule has 3 aliphatic heterocycles. The van der Waals surface area contributed by atoms with Gasteiger partial charge in [-0.05, 0) is 42.0 Å². The summed E-state index contributed by atoms with van der Waals surface area (Å²) < 4.78 is 19.6. The molecule has 4 heteroatoms. The molecule has 142 valence electrons. The molecule has 4 aliphatic rings. The van der Waals surface area contributed by atoms with E-state index in [4.69, 9.17) is 4.74 Å². The van der Waals surface area contributed by atoms with Crippen molar-refractivity contribution in [3.05, 3.63) is 35.1 Å². The summed E-state index contributed by atoms with van der Waals surface area (Å²) in [5.41, 5.74) is 3.29. The van der Waals surface area contributed by atoms with Gasteiger partial charge in [-0.2, -0.15) is 0 Å². The van der Waals surface area contributed by atoms with Crippen LogP contribution in [0.2, 0.25) is 0 Å². The van der Waals surface area contributed by atoms with Crippen LogP contribution in [0, 0.1) is 11.2 Å². The standard InChI is InChI=1S/C22H31FN2O/c23-18-1-2-20(17-6-10-26-13-17)21(11-18)16-4-8-25(9-5-16)19-3-7-22(12-19)14-24-15-22/h1-2,11,16-17,19,24H,3-10,12-15H2/p+1. The molecule has 4 fully saturated rings. The van der Waals surface area contributed by atoms with Crippen molar-refractivity contribution >= 4 is 0 Å². The van der Waals surface area contributed by atoms with Crippen LogP contribution < -0.4 is 10.2 Å². The molecule has 1 aliphatic carbocycles. The summed E-state index contributed by atoms with van der Waals surface area (Å²) in [6.07, 6.45) is 7.76. The van der Waals surface area contributed by atoms with Gasteiger partial charge in [-0.1, -0.05) is 6.07 Å². The average molecular weight is 360 g/mol. The van der Waals surface area contributed by atoms with E-state index in [1.807, 2.05) is 17.0 Å². The lowest BCUT2D eigenvalue weighted by Gasteiger charge is -2.40. The zero-order chi connectivity index (χ0) is 17.6. The minimum absolute atomic E-state index is 0.0762. The second-order valence-corrected chi connectivity index (χ2v) is 9.31. The van der Waals surface area contributed by atoms with Crippen molar-refractivity contribution in [2.45, 2.75) is 56.4 Å². The summed E-state index contributed by atoms with van der Waals surface area (Å²) in [5.74, 6) is 0.926. The molecule has 0 bridgehead atoms. The fourth-order valence-electron chi connectivity index (χ4n) is 6.11. The van der Waals surface area contributed by atoms with E-state index in [2.05, 4.69) is 5.32 Å². The Morgan fingerprint density at radius 1 is 1.04 bits per heavy atom. The zero-order valence-corrected chi connectivity index (χ0v) is 15.7. The van der Waals surface area contributed by atoms with E-state index >= 15 is 0 Å². The van der Waals surface area contributed by atoms with Gasteiger partial charge in [0.15, 0.2) is 0 Å². The molecule has 1 saturated carbocycles. The Kier molecular flexibility index (Phi) is 4.54. The first-order chi connectivity index (χ1) is 12.7. The number of likely N-dealkylation sites (tertiary alicyclic amines) is 1. The first-order valence-electron chi connectivity index (χ1n) is 10.6. The molecule has 1 spiro atoms. The quantitative estimate of drug-likeness (QED) is 0.866. The van der Waals surface area contributed by atoms with E-state index in [1.165, 1.54) is 69.4 Å². The second-order valence-electron chi connectivity index (χ2n) is 9.31. The first-order valence-corrected chi connectivity index (χ1v) is 10.6. The van der Waals surface area contributed by atoms with Gasteiger partial charge in [0.2, 0.25) is 0 Å². The van der Waals surface area contributed by atoms with Crippen molar-refractivity contribution in [1.29, 1.82) is 0 Å². The number of ether oxygens (including phenoxy) is 1. The molecule has 0 aromatic heterocycles. The van der Waals surface area contributed by atoms with E-state index in [0.29, 0.717) is 17.3 Å². The Balaban J connectivity index is 1.26. The van der Waals surface area contributed by atoms with Gasteiger partial charge >= 0.3 is 0 Å². The lowest BCUT2D eigenvalue weighted by Crippen LogP contribution is -3.16. The Hall–Kier alpha value is -0.970. The van der Waals surface area contributed by atoms with Gasteiger partial charge in [0, 0.05) is 56.7 Å². The van der Waals surface area contributed by atoms with E-state index in [1.54, 1.807) is 6.07 Å². The highest BCUT2D eigenvalue weighted by atomic mass is 19.1. The minimum atomic E-state index is -0.0762. The third-order valence-electron chi connectivity index (χ3n) is 7.77. The van der Waals surface area contributed by atoms with E-state index < -0.39 is 0 Å². The number of piperidine rings is 1. The van der Waals surface area contributed by atoms with Crippen LogP contribution in [-0.2, 0) is 4.74 Å². The lowest BCUT2D eigenvalue weighted by atomic mass is 9.79. The van der Waals surface area contributed by atoms with Crippen molar-refractivity contribution in [1.82, 2.24) is 5.32 Å². The fraction of sp³-hybridized carbons (Fsp3) is 0.727. The molecule has 1 aromatic rings. The molecule has 5 rings (SSSR count). The largest absolute Gasteiger partial charge is 0.381 e. The van der Waals surface area contributed by atoms with Crippen molar-refractivity contribution in [3.8, 4) is 0 Å². The zero-order valence-electron chi connectivity index (χ0n) is 15.7. The van der Waals surface area contributed by atoms with Crippen LogP contribution in [0.3, 0.4) is 0 Å². The summed E-state index contributed by atoms with van der Waals surface area (Å²) in [5, 5.41) is 3.48. The van der Waals surface area contributed by atoms with Gasteiger partial charge in [-0.15, -0.1) is 0 Å². The van der Waals surface area contributed by atoms with Crippen LogP contribution >= 0.6 is 0 Å². The molecule has 1 aromatic carbocycles. The van der Waals surface area contributed by atoms with Crippen LogP contribution in [0.5, 0.6) is 0 Å². The topological polar surface area (TPSA) is 25.7 Å². The summed E-state index contributed by atoms with van der Waals surface area (Å²) in [4.78, 5) is 1.83. The maximum atomic E-state index is 14.0. The Bertz CT molecular complexity index is 646. The van der Waals surface area contributed by atoms with E-state index in [0.717, 1.165) is 25.7 Å². The molecular formula is C22H32FN2O+. The smallest absolute Gasteiger partial charge is 0.123 e. The molecule has 0 amide bonds. The van der Waals surface area contributed by atoms with Crippen LogP contribution in [0.15, 0.2) is 18.2 Å². The van der Waals surface area contributed by atoms with Crippen LogP contribution in [0.25, 0.3) is 0 Å². The predicted octanol–water partition coefficient (Wildman–Crippen LogP) is 2.23. The number of quaternary nitrogens is 1. The van der Waals surface area contributed by atoms with Gasteiger partial charge in [0.05, 0.1) is 25.7 Å². The highest BCUT2D eigenvalue weighted by molar-refractivity contribution is 5.35. The number of hydrogen-bond donors (Lipinski definition) is 2. The molecule has 26 heavy (non-hydrogen) atoms. The van der Waals surface area contributed by atoms with Crippen LogP contribution in [-0.4, -0.2) is 45.4 Å². The Morgan fingerprint density at radius 2 is 1.88 bits per heavy atom. The van der Waals surface area contributed by atoms with Gasteiger partial charge in [0.1, 0.15) is 5.82 Å². The average Bonchev–Trinajstić information content (AvgIpc) is 3.31. The van der Waals surface area contributed by atoms with Gasteiger partial charge in [-0.25, -0.2) is 4.39 Å². The monoisotopic (exact) mass is 359 g/mol. The van der Waals surface area contributed by atoms with E-state index in [-0.39, 0.29) is 5.82 Å². The summed E-state index contributed by atoms with van der Waals surface area (Å²) >= 11 is 0. The molecule has 3 heterocycles. The molecular weight excluding hydrogens is 327 g/mol. The summed E-state index contributed by atoms with van der Waals surface area (Å²) in [7, 11) is 0. The fourth-order valence-corrected chi connectivity index (χ4v) is 6.11. The molecule has 2 atom stereocenters. The predicted molar refractivity (Wildman–Crippen MR) is 100 cm³/mol. The third kappa shape index (κ3) is 3.10. The van der Waals surface area contributed by atoms with Crippen molar-refractivity contribution < 1.29 is 14.0 Å². The maximum Gasteiger partial charge on any atom is 0.123 e. The van der Waals surface area contributed by atoms with Gasteiger partial charge < -0.3 is 15.0 Å². The number of hydrogen-bond acceptors (Lipinski definition) is 2. The normalized spacial score (nSPS) is 36.3. The summed E-state index contributed by atoms with van der Waals surface area (Å²) in [6, 6.07) is 6.37. The van der Waals surface area contributed by atoms with Crippen LogP contribution in [0.4, 0.5) is 4.39 Å². The first kappa shape index (κ1) is 17.2. The van der Waals surface area contributed by atoms with Crippen molar-refractivity contribution in [3.63, 3.8) is 0 Å². The van der Waals surface area contributed by atoms with Crippen molar-refractivity contribution in [2.24, 2.45) is 5.41 Å². The number of benzene rings is 1. The Labute approximate surface area is 156 Å². The third-order valence-corrected chi connectivity index (χ3v) is 7.77. The number of rotatable bonds is 3. The molecule has 3 nitrogen and oxygen atoms in total. The van der Waals surface area contributed by atoms with Crippen LogP contribution in [0.1, 0.15) is 61.5 Å². The summed E-state index contributed by atoms with van der Waals surface area (Å²) in [6.45, 7) is 6.67. The molecule has 2 N–H and O–H groups in total. The lowest BCUT2D eigenvalue weighted by molar-refractivity contribution is -0.930. The van der Waals surface area contributed by atoms with Gasteiger partial charge in [-0.3, -0.25) is 0 Å². The highest BCUT2D eigenvalue weighted by Gasteiger charge is 2.47. The maximum absolute atomic E-state index is 14.0. The molecule has 0 radical (unpaired) electrons. The van der Waals surface area contributed by atoms with Gasteiger partial charge in [0.25, 0.3) is 0 Å². The Morgan fingerprint density at radius 3 is 2.54 bits per heavy atom. The SMILES string of the molecule is Fc1ccc(C2CCOC2)c(C2CC[NH+](C3CCC4(CNC4)C3)CC2)c1. The molecule has 2 unspecified atom stereocenters. The highest BCUT2D eigenvalue weighted by Crippen LogP contribution is 2.41. The van der Waals surface area contributed by atoms with E-state index in [9.17, 15) is 4.39 Å². The second kappa shape index (κ2) is 6.88.